The molecule has 0 spiro atoms. The first kappa shape index (κ1) is 9.09. The molecule has 0 saturated heterocycles. The molecule has 2 aliphatic carbocycles. The lowest BCUT2D eigenvalue weighted by Crippen LogP contribution is -2.26. The number of hydrogen-bond donors (Lipinski definition) is 1. The molecule has 1 nitrogen and oxygen atoms in total. The summed E-state index contributed by atoms with van der Waals surface area (Å²) in [6.07, 6.45) is 13.3. The first-order valence-electron chi connectivity index (χ1n) is 5.57. The lowest BCUT2D eigenvalue weighted by Gasteiger charge is -2.17. The topological polar surface area (TPSA) is 12.0 Å². The van der Waals surface area contributed by atoms with Crippen LogP contribution >= 0.6 is 0 Å². The molecule has 0 aromatic heterocycles. The lowest BCUT2D eigenvalue weighted by atomic mass is 9.93. The van der Waals surface area contributed by atoms with Gasteiger partial charge in [0.05, 0.1) is 0 Å². The van der Waals surface area contributed by atoms with Crippen molar-refractivity contribution in [1.29, 1.82) is 0 Å². The normalized spacial score (nSPS) is 33.2. The third-order valence-electron chi connectivity index (χ3n) is 3.44. The van der Waals surface area contributed by atoms with E-state index >= 15 is 0 Å². The van der Waals surface area contributed by atoms with Gasteiger partial charge in [-0.15, -0.1) is 12.3 Å². The molecule has 0 heterocycles. The van der Waals surface area contributed by atoms with Crippen LogP contribution in [-0.2, 0) is 0 Å². The maximum absolute atomic E-state index is 5.37. The van der Waals surface area contributed by atoms with Crippen LogP contribution in [0.5, 0.6) is 0 Å². The van der Waals surface area contributed by atoms with E-state index in [1.54, 1.807) is 0 Å². The smallest absolute Gasteiger partial charge is 0.0117 e. The predicted molar refractivity (Wildman–Crippen MR) is 55.3 cm³/mol. The Kier molecular flexibility index (Phi) is 2.90. The highest BCUT2D eigenvalue weighted by Gasteiger charge is 2.28. The summed E-state index contributed by atoms with van der Waals surface area (Å²) in [6.45, 7) is 1.22. The monoisotopic (exact) mass is 177 g/mol. The molecular weight excluding hydrogens is 158 g/mol. The summed E-state index contributed by atoms with van der Waals surface area (Å²) in [7, 11) is 0. The second-order valence-electron chi connectivity index (χ2n) is 4.54. The zero-order valence-electron chi connectivity index (χ0n) is 8.26. The maximum Gasteiger partial charge on any atom is 0.0117 e. The van der Waals surface area contributed by atoms with E-state index < -0.39 is 0 Å². The molecule has 13 heavy (non-hydrogen) atoms. The Bertz CT molecular complexity index is 200. The van der Waals surface area contributed by atoms with E-state index in [0.717, 1.165) is 24.3 Å². The number of hydrogen-bond acceptors (Lipinski definition) is 1. The zero-order chi connectivity index (χ0) is 9.10. The van der Waals surface area contributed by atoms with Crippen molar-refractivity contribution in [3.8, 4) is 12.3 Å². The van der Waals surface area contributed by atoms with Crippen LogP contribution in [0.4, 0.5) is 0 Å². The molecular formula is C12H19N. The summed E-state index contributed by atoms with van der Waals surface area (Å²) in [6, 6.07) is 0.854. The van der Waals surface area contributed by atoms with Gasteiger partial charge < -0.3 is 5.32 Å². The third-order valence-corrected chi connectivity index (χ3v) is 3.44. The number of terminal acetylenes is 1. The maximum atomic E-state index is 5.37. The minimum Gasteiger partial charge on any atom is -0.314 e. The average Bonchev–Trinajstić information content (AvgIpc) is 2.86. The van der Waals surface area contributed by atoms with Gasteiger partial charge >= 0.3 is 0 Å². The van der Waals surface area contributed by atoms with Crippen molar-refractivity contribution >= 4 is 0 Å². The SMILES string of the molecule is C#CCC1CCCC1CNC1CC1. The van der Waals surface area contributed by atoms with E-state index in [4.69, 9.17) is 6.42 Å². The van der Waals surface area contributed by atoms with Gasteiger partial charge in [0, 0.05) is 12.5 Å². The summed E-state index contributed by atoms with van der Waals surface area (Å²) in [4.78, 5) is 0. The van der Waals surface area contributed by atoms with E-state index in [9.17, 15) is 0 Å². The van der Waals surface area contributed by atoms with Gasteiger partial charge in [0.2, 0.25) is 0 Å². The molecule has 0 aromatic rings. The Balaban J connectivity index is 1.72. The molecule has 2 unspecified atom stereocenters. The first-order chi connectivity index (χ1) is 6.40. The van der Waals surface area contributed by atoms with Crippen molar-refractivity contribution in [2.75, 3.05) is 6.54 Å². The summed E-state index contributed by atoms with van der Waals surface area (Å²) in [5, 5.41) is 3.62. The van der Waals surface area contributed by atoms with Crippen LogP contribution in [0.3, 0.4) is 0 Å². The quantitative estimate of drug-likeness (QED) is 0.649. The summed E-state index contributed by atoms with van der Waals surface area (Å²) < 4.78 is 0. The number of nitrogens with one attached hydrogen (secondary N) is 1. The molecule has 2 saturated carbocycles. The molecule has 0 amide bonds. The van der Waals surface area contributed by atoms with Gasteiger partial charge in [-0.05, 0) is 44.1 Å². The highest BCUT2D eigenvalue weighted by Crippen LogP contribution is 2.34. The zero-order valence-corrected chi connectivity index (χ0v) is 8.26. The molecule has 0 aliphatic heterocycles. The second-order valence-corrected chi connectivity index (χ2v) is 4.54. The summed E-state index contributed by atoms with van der Waals surface area (Å²) >= 11 is 0. The largest absolute Gasteiger partial charge is 0.314 e. The van der Waals surface area contributed by atoms with Crippen LogP contribution in [0.15, 0.2) is 0 Å². The molecule has 2 aliphatic rings. The minimum absolute atomic E-state index is 0.816. The highest BCUT2D eigenvalue weighted by molar-refractivity contribution is 4.93. The van der Waals surface area contributed by atoms with Crippen LogP contribution < -0.4 is 5.32 Å². The number of rotatable bonds is 4. The highest BCUT2D eigenvalue weighted by atomic mass is 14.9. The van der Waals surface area contributed by atoms with E-state index in [-0.39, 0.29) is 0 Å². The Labute approximate surface area is 81.3 Å². The summed E-state index contributed by atoms with van der Waals surface area (Å²) in [5.74, 6) is 4.50. The minimum atomic E-state index is 0.816. The average molecular weight is 177 g/mol. The molecule has 0 aromatic carbocycles. The van der Waals surface area contributed by atoms with Crippen LogP contribution in [0, 0.1) is 24.2 Å². The van der Waals surface area contributed by atoms with Crippen molar-refractivity contribution in [3.63, 3.8) is 0 Å². The van der Waals surface area contributed by atoms with E-state index in [0.29, 0.717) is 0 Å². The van der Waals surface area contributed by atoms with Crippen LogP contribution in [0.25, 0.3) is 0 Å². The van der Waals surface area contributed by atoms with E-state index in [1.165, 1.54) is 38.6 Å². The molecule has 2 atom stereocenters. The second kappa shape index (κ2) is 4.15. The Morgan fingerprint density at radius 3 is 2.62 bits per heavy atom. The van der Waals surface area contributed by atoms with Gasteiger partial charge in [-0.2, -0.15) is 0 Å². The van der Waals surface area contributed by atoms with Crippen LogP contribution in [0.2, 0.25) is 0 Å². The van der Waals surface area contributed by atoms with Crippen LogP contribution in [-0.4, -0.2) is 12.6 Å². The Morgan fingerprint density at radius 1 is 1.15 bits per heavy atom. The van der Waals surface area contributed by atoms with Crippen molar-refractivity contribution in [1.82, 2.24) is 5.32 Å². The van der Waals surface area contributed by atoms with Gasteiger partial charge in [-0.3, -0.25) is 0 Å². The lowest BCUT2D eigenvalue weighted by molar-refractivity contribution is 0.372. The van der Waals surface area contributed by atoms with Crippen LogP contribution in [0.1, 0.15) is 38.5 Å². The van der Waals surface area contributed by atoms with Gasteiger partial charge in [-0.1, -0.05) is 6.42 Å². The predicted octanol–water partition coefficient (Wildman–Crippen LogP) is 2.18. The standard InChI is InChI=1S/C12H19N/c1-2-4-10-5-3-6-11(10)9-13-12-7-8-12/h1,10-13H,3-9H2. The fourth-order valence-electron chi connectivity index (χ4n) is 2.41. The molecule has 0 radical (unpaired) electrons. The first-order valence-corrected chi connectivity index (χ1v) is 5.57. The van der Waals surface area contributed by atoms with Gasteiger partial charge in [0.15, 0.2) is 0 Å². The molecule has 0 bridgehead atoms. The molecule has 1 heteroatoms. The fraction of sp³-hybridized carbons (Fsp3) is 0.833. The summed E-state index contributed by atoms with van der Waals surface area (Å²) in [5.41, 5.74) is 0. The van der Waals surface area contributed by atoms with Crippen molar-refractivity contribution in [2.24, 2.45) is 11.8 Å². The Hall–Kier alpha value is -0.480. The van der Waals surface area contributed by atoms with Crippen molar-refractivity contribution in [3.05, 3.63) is 0 Å². The van der Waals surface area contributed by atoms with Crippen molar-refractivity contribution < 1.29 is 0 Å². The fourth-order valence-corrected chi connectivity index (χ4v) is 2.41. The van der Waals surface area contributed by atoms with E-state index in [2.05, 4.69) is 11.2 Å². The van der Waals surface area contributed by atoms with Gasteiger partial charge in [0.25, 0.3) is 0 Å². The third kappa shape index (κ3) is 2.48. The molecule has 72 valence electrons. The molecule has 2 rings (SSSR count). The van der Waals surface area contributed by atoms with E-state index in [1.807, 2.05) is 0 Å². The molecule has 2 fully saturated rings. The van der Waals surface area contributed by atoms with Gasteiger partial charge in [-0.25, -0.2) is 0 Å². The van der Waals surface area contributed by atoms with Gasteiger partial charge in [0.1, 0.15) is 0 Å². The molecule has 1 N–H and O–H groups in total. The Morgan fingerprint density at radius 2 is 1.92 bits per heavy atom. The van der Waals surface area contributed by atoms with Crippen molar-refractivity contribution in [2.45, 2.75) is 44.6 Å².